The van der Waals surface area contributed by atoms with Crippen molar-refractivity contribution in [2.45, 2.75) is 13.0 Å². The summed E-state index contributed by atoms with van der Waals surface area (Å²) in [5.74, 6) is 0.486. The molecule has 0 spiro atoms. The Hall–Kier alpha value is -2.53. The standard InChI is InChI=1S/C18H18ClN3O2/c19-15-4-6-16(7-5-15)24-13-17(23)20-10-2-11-22-12-8-14-3-1-9-21-18(14)22/h1,3-9,12H,2,10-11,13H2,(H,20,23). The SMILES string of the molecule is O=C(COc1ccc(Cl)cc1)NCCCn1ccc2cccnc21. The molecule has 3 aromatic rings. The molecule has 0 aliphatic carbocycles. The molecule has 0 saturated heterocycles. The number of nitrogens with one attached hydrogen (secondary N) is 1. The van der Waals surface area contributed by atoms with E-state index in [1.807, 2.05) is 24.4 Å². The zero-order valence-corrected chi connectivity index (χ0v) is 13.9. The van der Waals surface area contributed by atoms with Crippen LogP contribution in [0.1, 0.15) is 6.42 Å². The van der Waals surface area contributed by atoms with Crippen LogP contribution >= 0.6 is 11.6 Å². The van der Waals surface area contributed by atoms with Gasteiger partial charge < -0.3 is 14.6 Å². The molecule has 6 heteroatoms. The number of carbonyl (C=O) groups excluding carboxylic acids is 1. The largest absolute Gasteiger partial charge is 0.484 e. The smallest absolute Gasteiger partial charge is 0.257 e. The maximum absolute atomic E-state index is 11.8. The average Bonchev–Trinajstić information content (AvgIpc) is 3.01. The van der Waals surface area contributed by atoms with Gasteiger partial charge in [0.05, 0.1) is 0 Å². The van der Waals surface area contributed by atoms with Gasteiger partial charge in [0.1, 0.15) is 11.4 Å². The molecule has 24 heavy (non-hydrogen) atoms. The number of aromatic nitrogens is 2. The zero-order chi connectivity index (χ0) is 16.8. The van der Waals surface area contributed by atoms with E-state index < -0.39 is 0 Å². The van der Waals surface area contributed by atoms with Crippen molar-refractivity contribution in [3.8, 4) is 5.75 Å². The lowest BCUT2D eigenvalue weighted by Crippen LogP contribution is -2.30. The number of fused-ring (bicyclic) bond motifs is 1. The minimum Gasteiger partial charge on any atom is -0.484 e. The minimum absolute atomic E-state index is 0.00433. The third kappa shape index (κ3) is 4.26. The lowest BCUT2D eigenvalue weighted by molar-refractivity contribution is -0.123. The number of rotatable bonds is 7. The van der Waals surface area contributed by atoms with Crippen LogP contribution in [0.3, 0.4) is 0 Å². The van der Waals surface area contributed by atoms with Crippen LogP contribution in [0.5, 0.6) is 5.75 Å². The van der Waals surface area contributed by atoms with Gasteiger partial charge in [0.15, 0.2) is 6.61 Å². The van der Waals surface area contributed by atoms with Crippen LogP contribution in [0.4, 0.5) is 0 Å². The number of carbonyl (C=O) groups is 1. The first-order valence-corrected chi connectivity index (χ1v) is 8.15. The normalized spacial score (nSPS) is 10.7. The summed E-state index contributed by atoms with van der Waals surface area (Å²) in [5, 5.41) is 4.61. The van der Waals surface area contributed by atoms with Gasteiger partial charge in [0.25, 0.3) is 5.91 Å². The summed E-state index contributed by atoms with van der Waals surface area (Å²) >= 11 is 5.80. The first-order chi connectivity index (χ1) is 11.7. The molecule has 1 N–H and O–H groups in total. The van der Waals surface area contributed by atoms with Crippen LogP contribution in [0.2, 0.25) is 5.02 Å². The molecule has 0 radical (unpaired) electrons. The summed E-state index contributed by atoms with van der Waals surface area (Å²) in [5.41, 5.74) is 0.967. The fraction of sp³-hybridized carbons (Fsp3) is 0.222. The molecule has 0 fully saturated rings. The number of amides is 1. The Morgan fingerprint density at radius 2 is 2.04 bits per heavy atom. The number of pyridine rings is 1. The first-order valence-electron chi connectivity index (χ1n) is 7.77. The molecule has 1 amide bonds. The van der Waals surface area contributed by atoms with Gasteiger partial charge >= 0.3 is 0 Å². The highest BCUT2D eigenvalue weighted by molar-refractivity contribution is 6.30. The second-order valence-electron chi connectivity index (χ2n) is 5.37. The molecule has 0 aliphatic rings. The van der Waals surface area contributed by atoms with E-state index in [-0.39, 0.29) is 12.5 Å². The molecule has 1 aromatic carbocycles. The van der Waals surface area contributed by atoms with Gasteiger partial charge in [-0.15, -0.1) is 0 Å². The maximum Gasteiger partial charge on any atom is 0.257 e. The first kappa shape index (κ1) is 16.3. The number of halogens is 1. The van der Waals surface area contributed by atoms with Crippen molar-refractivity contribution >= 4 is 28.5 Å². The van der Waals surface area contributed by atoms with Gasteiger partial charge in [-0.1, -0.05) is 11.6 Å². The van der Waals surface area contributed by atoms with Crippen LogP contribution in [0.15, 0.2) is 54.9 Å². The topological polar surface area (TPSA) is 56.1 Å². The van der Waals surface area contributed by atoms with Crippen molar-refractivity contribution in [1.29, 1.82) is 0 Å². The summed E-state index contributed by atoms with van der Waals surface area (Å²) in [4.78, 5) is 16.1. The van der Waals surface area contributed by atoms with E-state index in [1.165, 1.54) is 0 Å². The van der Waals surface area contributed by atoms with Crippen molar-refractivity contribution in [3.05, 3.63) is 59.9 Å². The number of hydrogen-bond donors (Lipinski definition) is 1. The van der Waals surface area contributed by atoms with Crippen LogP contribution in [-0.4, -0.2) is 28.6 Å². The predicted molar refractivity (Wildman–Crippen MR) is 94.3 cm³/mol. The van der Waals surface area contributed by atoms with E-state index >= 15 is 0 Å². The Morgan fingerprint density at radius 3 is 2.88 bits per heavy atom. The lowest BCUT2D eigenvalue weighted by atomic mass is 10.3. The Morgan fingerprint density at radius 1 is 1.21 bits per heavy atom. The Kier molecular flexibility index (Phi) is 5.33. The van der Waals surface area contributed by atoms with Gasteiger partial charge in [0.2, 0.25) is 0 Å². The molecule has 0 saturated carbocycles. The van der Waals surface area contributed by atoms with E-state index in [2.05, 4.69) is 14.9 Å². The van der Waals surface area contributed by atoms with Crippen LogP contribution in [-0.2, 0) is 11.3 Å². The molecule has 0 bridgehead atoms. The Bertz CT molecular complexity index is 815. The number of hydrogen-bond acceptors (Lipinski definition) is 3. The number of benzene rings is 1. The van der Waals surface area contributed by atoms with E-state index in [9.17, 15) is 4.79 Å². The Labute approximate surface area is 145 Å². The van der Waals surface area contributed by atoms with Gasteiger partial charge in [-0.3, -0.25) is 4.79 Å². The molecular weight excluding hydrogens is 326 g/mol. The van der Waals surface area contributed by atoms with Crippen molar-refractivity contribution < 1.29 is 9.53 Å². The summed E-state index contributed by atoms with van der Waals surface area (Å²) in [6, 6.07) is 12.9. The molecule has 0 atom stereocenters. The molecule has 3 rings (SSSR count). The van der Waals surface area contributed by atoms with Gasteiger partial charge in [-0.05, 0) is 48.9 Å². The van der Waals surface area contributed by atoms with Crippen molar-refractivity contribution in [2.75, 3.05) is 13.2 Å². The monoisotopic (exact) mass is 343 g/mol. The fourth-order valence-corrected chi connectivity index (χ4v) is 2.53. The number of nitrogens with zero attached hydrogens (tertiary/aromatic N) is 2. The van der Waals surface area contributed by atoms with Crippen LogP contribution < -0.4 is 10.1 Å². The molecule has 0 unspecified atom stereocenters. The van der Waals surface area contributed by atoms with E-state index in [0.29, 0.717) is 17.3 Å². The number of ether oxygens (including phenoxy) is 1. The highest BCUT2D eigenvalue weighted by Gasteiger charge is 2.04. The van der Waals surface area contributed by atoms with Crippen LogP contribution in [0.25, 0.3) is 11.0 Å². The van der Waals surface area contributed by atoms with Crippen molar-refractivity contribution in [2.24, 2.45) is 0 Å². The molecule has 2 heterocycles. The van der Waals surface area contributed by atoms with Crippen molar-refractivity contribution in [1.82, 2.24) is 14.9 Å². The molecular formula is C18H18ClN3O2. The fourth-order valence-electron chi connectivity index (χ4n) is 2.41. The Balaban J connectivity index is 1.38. The highest BCUT2D eigenvalue weighted by atomic mass is 35.5. The number of aryl methyl sites for hydroxylation is 1. The second kappa shape index (κ2) is 7.84. The van der Waals surface area contributed by atoms with Gasteiger partial charge in [0, 0.05) is 35.9 Å². The summed E-state index contributed by atoms with van der Waals surface area (Å²) in [6.07, 6.45) is 4.63. The van der Waals surface area contributed by atoms with Gasteiger partial charge in [-0.2, -0.15) is 0 Å². The van der Waals surface area contributed by atoms with Crippen molar-refractivity contribution in [3.63, 3.8) is 0 Å². The quantitative estimate of drug-likeness (QED) is 0.670. The predicted octanol–water partition coefficient (Wildman–Crippen LogP) is 3.28. The van der Waals surface area contributed by atoms with Gasteiger partial charge in [-0.25, -0.2) is 4.98 Å². The van der Waals surface area contributed by atoms with E-state index in [4.69, 9.17) is 16.3 Å². The lowest BCUT2D eigenvalue weighted by Gasteiger charge is -2.08. The maximum atomic E-state index is 11.8. The molecule has 5 nitrogen and oxygen atoms in total. The molecule has 0 aliphatic heterocycles. The van der Waals surface area contributed by atoms with Crippen LogP contribution in [0, 0.1) is 0 Å². The third-order valence-corrected chi connectivity index (χ3v) is 3.86. The van der Waals surface area contributed by atoms with E-state index in [1.54, 1.807) is 30.5 Å². The summed E-state index contributed by atoms with van der Waals surface area (Å²) in [6.45, 7) is 1.39. The zero-order valence-electron chi connectivity index (χ0n) is 13.1. The minimum atomic E-state index is -0.138. The second-order valence-corrected chi connectivity index (χ2v) is 5.81. The summed E-state index contributed by atoms with van der Waals surface area (Å²) in [7, 11) is 0. The average molecular weight is 344 g/mol. The third-order valence-electron chi connectivity index (χ3n) is 3.60. The molecule has 124 valence electrons. The molecule has 2 aromatic heterocycles. The summed E-state index contributed by atoms with van der Waals surface area (Å²) < 4.78 is 7.49. The van der Waals surface area contributed by atoms with E-state index in [0.717, 1.165) is 24.0 Å². The highest BCUT2D eigenvalue weighted by Crippen LogP contribution is 2.15.